The van der Waals surface area contributed by atoms with E-state index in [-0.39, 0.29) is 10.7 Å². The molecule has 0 aromatic heterocycles. The topological polar surface area (TPSA) is 115 Å². The SMILES string of the molecule is N#C/C(N)=C(\C#N)NC(=O)Nc1ccc(Cl)cc1F. The zero-order valence-electron chi connectivity index (χ0n) is 9.37. The van der Waals surface area contributed by atoms with Gasteiger partial charge in [-0.25, -0.2) is 9.18 Å². The number of nitrogens with one attached hydrogen (secondary N) is 2. The van der Waals surface area contributed by atoms with Gasteiger partial charge < -0.3 is 11.1 Å². The molecular formula is C11H7ClFN5O. The summed E-state index contributed by atoms with van der Waals surface area (Å²) in [6, 6.07) is 5.78. The Kier molecular flexibility index (Phi) is 4.69. The lowest BCUT2D eigenvalue weighted by atomic mass is 10.3. The van der Waals surface area contributed by atoms with Gasteiger partial charge in [-0.1, -0.05) is 11.6 Å². The Labute approximate surface area is 112 Å². The number of anilines is 1. The molecule has 1 aromatic carbocycles. The van der Waals surface area contributed by atoms with Crippen LogP contribution in [-0.4, -0.2) is 6.03 Å². The maximum Gasteiger partial charge on any atom is 0.324 e. The number of benzene rings is 1. The van der Waals surface area contributed by atoms with Crippen LogP contribution in [0.1, 0.15) is 0 Å². The molecule has 2 amide bonds. The van der Waals surface area contributed by atoms with Gasteiger partial charge >= 0.3 is 6.03 Å². The van der Waals surface area contributed by atoms with E-state index in [1.807, 2.05) is 5.32 Å². The lowest BCUT2D eigenvalue weighted by Gasteiger charge is -2.07. The maximum atomic E-state index is 13.4. The van der Waals surface area contributed by atoms with E-state index >= 15 is 0 Å². The summed E-state index contributed by atoms with van der Waals surface area (Å²) in [4.78, 5) is 11.5. The van der Waals surface area contributed by atoms with E-state index in [0.29, 0.717) is 0 Å². The number of halogens is 2. The number of urea groups is 1. The molecule has 0 bridgehead atoms. The van der Waals surface area contributed by atoms with Crippen molar-refractivity contribution in [3.05, 3.63) is 40.4 Å². The quantitative estimate of drug-likeness (QED) is 0.716. The largest absolute Gasteiger partial charge is 0.388 e. The summed E-state index contributed by atoms with van der Waals surface area (Å²) >= 11 is 5.55. The predicted octanol–water partition coefficient (Wildman–Crippen LogP) is 1.82. The average molecular weight is 280 g/mol. The van der Waals surface area contributed by atoms with Crippen molar-refractivity contribution in [2.24, 2.45) is 5.73 Å². The molecular weight excluding hydrogens is 273 g/mol. The molecule has 19 heavy (non-hydrogen) atoms. The summed E-state index contributed by atoms with van der Waals surface area (Å²) in [5.74, 6) is -0.738. The van der Waals surface area contributed by atoms with E-state index in [2.05, 4.69) is 5.32 Å². The minimum absolute atomic E-state index is 0.130. The van der Waals surface area contributed by atoms with Crippen LogP contribution in [0.2, 0.25) is 5.02 Å². The van der Waals surface area contributed by atoms with Gasteiger partial charge in [-0.15, -0.1) is 0 Å². The lowest BCUT2D eigenvalue weighted by molar-refractivity contribution is 0.254. The van der Waals surface area contributed by atoms with E-state index in [9.17, 15) is 9.18 Å². The number of amides is 2. The van der Waals surface area contributed by atoms with Crippen molar-refractivity contribution in [1.82, 2.24) is 5.32 Å². The molecule has 1 rings (SSSR count). The standard InChI is InChI=1S/C11H7ClFN5O/c12-6-1-2-9(7(13)3-6)17-11(19)18-10(5-15)8(16)4-14/h1-3H,16H2,(H2,17,18,19)/b10-8-. The molecule has 0 saturated carbocycles. The van der Waals surface area contributed by atoms with Crippen LogP contribution in [-0.2, 0) is 0 Å². The Bertz CT molecular complexity index is 629. The third-order valence-corrected chi connectivity index (χ3v) is 2.15. The van der Waals surface area contributed by atoms with Gasteiger partial charge in [0.15, 0.2) is 5.70 Å². The van der Waals surface area contributed by atoms with Crippen LogP contribution in [0.15, 0.2) is 29.6 Å². The number of hydrogen-bond donors (Lipinski definition) is 3. The van der Waals surface area contributed by atoms with Gasteiger partial charge in [-0.05, 0) is 18.2 Å². The Balaban J connectivity index is 2.82. The van der Waals surface area contributed by atoms with Gasteiger partial charge in [0.25, 0.3) is 0 Å². The number of carbonyl (C=O) groups is 1. The van der Waals surface area contributed by atoms with Crippen molar-refractivity contribution in [2.75, 3.05) is 5.32 Å². The number of allylic oxidation sites excluding steroid dienone is 2. The second-order valence-corrected chi connectivity index (χ2v) is 3.65. The first-order chi connectivity index (χ1) is 8.97. The Morgan fingerprint density at radius 2 is 2.05 bits per heavy atom. The van der Waals surface area contributed by atoms with Crippen LogP contribution in [0.4, 0.5) is 14.9 Å². The number of nitrogens with zero attached hydrogens (tertiary/aromatic N) is 2. The van der Waals surface area contributed by atoms with Crippen LogP contribution in [0, 0.1) is 28.5 Å². The average Bonchev–Trinajstić information content (AvgIpc) is 2.38. The molecule has 1 aromatic rings. The van der Waals surface area contributed by atoms with Crippen LogP contribution in [0.5, 0.6) is 0 Å². The minimum atomic E-state index is -0.907. The van der Waals surface area contributed by atoms with Crippen molar-refractivity contribution in [2.45, 2.75) is 0 Å². The summed E-state index contributed by atoms with van der Waals surface area (Å²) in [6.45, 7) is 0. The molecule has 0 aliphatic rings. The Morgan fingerprint density at radius 3 is 2.58 bits per heavy atom. The number of hydrogen-bond acceptors (Lipinski definition) is 4. The van der Waals surface area contributed by atoms with Crippen LogP contribution in [0.25, 0.3) is 0 Å². The third kappa shape index (κ3) is 3.87. The van der Waals surface area contributed by atoms with Crippen molar-refractivity contribution >= 4 is 23.3 Å². The second kappa shape index (κ2) is 6.24. The molecule has 0 fully saturated rings. The Morgan fingerprint density at radius 1 is 1.37 bits per heavy atom. The van der Waals surface area contributed by atoms with E-state index in [0.717, 1.165) is 6.07 Å². The molecule has 0 aliphatic heterocycles. The van der Waals surface area contributed by atoms with Crippen LogP contribution in [0.3, 0.4) is 0 Å². The fourth-order valence-electron chi connectivity index (χ4n) is 1.07. The van der Waals surface area contributed by atoms with Crippen molar-refractivity contribution in [3.63, 3.8) is 0 Å². The van der Waals surface area contributed by atoms with E-state index in [1.54, 1.807) is 0 Å². The van der Waals surface area contributed by atoms with E-state index in [4.69, 9.17) is 27.9 Å². The summed E-state index contributed by atoms with van der Waals surface area (Å²) in [6.07, 6.45) is 0. The van der Waals surface area contributed by atoms with Gasteiger partial charge in [0, 0.05) is 5.02 Å². The summed E-state index contributed by atoms with van der Waals surface area (Å²) < 4.78 is 13.4. The van der Waals surface area contributed by atoms with Crippen LogP contribution >= 0.6 is 11.6 Å². The van der Waals surface area contributed by atoms with E-state index < -0.39 is 23.2 Å². The predicted molar refractivity (Wildman–Crippen MR) is 66.0 cm³/mol. The molecule has 8 heteroatoms. The Hall–Kier alpha value is -2.77. The third-order valence-electron chi connectivity index (χ3n) is 1.92. The second-order valence-electron chi connectivity index (χ2n) is 3.22. The minimum Gasteiger partial charge on any atom is -0.388 e. The number of rotatable bonds is 2. The zero-order chi connectivity index (χ0) is 14.4. The summed E-state index contributed by atoms with van der Waals surface area (Å²) in [7, 11) is 0. The number of nitrogens with two attached hydrogens (primary N) is 1. The van der Waals surface area contributed by atoms with Gasteiger partial charge in [-0.3, -0.25) is 5.32 Å². The fourth-order valence-corrected chi connectivity index (χ4v) is 1.23. The fraction of sp³-hybridized carbons (Fsp3) is 0. The molecule has 0 unspecified atom stereocenters. The highest BCUT2D eigenvalue weighted by Gasteiger charge is 2.10. The van der Waals surface area contributed by atoms with Crippen LogP contribution < -0.4 is 16.4 Å². The maximum absolute atomic E-state index is 13.4. The molecule has 0 atom stereocenters. The normalized spacial score (nSPS) is 10.7. The zero-order valence-corrected chi connectivity index (χ0v) is 10.1. The van der Waals surface area contributed by atoms with Crippen molar-refractivity contribution in [1.29, 1.82) is 10.5 Å². The molecule has 0 spiro atoms. The van der Waals surface area contributed by atoms with Gasteiger partial charge in [0.05, 0.1) is 5.69 Å². The molecule has 96 valence electrons. The van der Waals surface area contributed by atoms with Gasteiger partial charge in [-0.2, -0.15) is 10.5 Å². The smallest absolute Gasteiger partial charge is 0.324 e. The first-order valence-corrected chi connectivity index (χ1v) is 5.18. The molecule has 0 heterocycles. The molecule has 0 aliphatic carbocycles. The number of carbonyl (C=O) groups excluding carboxylic acids is 1. The highest BCUT2D eigenvalue weighted by atomic mass is 35.5. The number of nitriles is 2. The first kappa shape index (κ1) is 14.3. The van der Waals surface area contributed by atoms with Gasteiger partial charge in [0.2, 0.25) is 0 Å². The molecule has 6 nitrogen and oxygen atoms in total. The van der Waals surface area contributed by atoms with E-state index in [1.165, 1.54) is 24.3 Å². The molecule has 0 radical (unpaired) electrons. The van der Waals surface area contributed by atoms with Crippen molar-refractivity contribution < 1.29 is 9.18 Å². The monoisotopic (exact) mass is 279 g/mol. The highest BCUT2D eigenvalue weighted by Crippen LogP contribution is 2.18. The summed E-state index contributed by atoms with van der Waals surface area (Å²) in [5, 5.41) is 21.5. The first-order valence-electron chi connectivity index (χ1n) is 4.81. The molecule has 0 saturated heterocycles. The highest BCUT2D eigenvalue weighted by molar-refractivity contribution is 6.30. The molecule has 4 N–H and O–H groups in total. The van der Waals surface area contributed by atoms with Gasteiger partial charge in [0.1, 0.15) is 23.7 Å². The summed E-state index contributed by atoms with van der Waals surface area (Å²) in [5.41, 5.74) is 4.18. The van der Waals surface area contributed by atoms with Crippen molar-refractivity contribution in [3.8, 4) is 12.1 Å². The lowest BCUT2D eigenvalue weighted by Crippen LogP contribution is -2.29.